The summed E-state index contributed by atoms with van der Waals surface area (Å²) in [5.41, 5.74) is 1.58. The van der Waals surface area contributed by atoms with Crippen molar-refractivity contribution in [2.24, 2.45) is 0 Å². The van der Waals surface area contributed by atoms with Gasteiger partial charge >= 0.3 is 5.97 Å². The molecule has 0 saturated heterocycles. The average molecular weight is 234 g/mol. The highest BCUT2D eigenvalue weighted by Crippen LogP contribution is 2.14. The molecule has 0 atom stereocenters. The SMILES string of the molecule is C=C(CC)COc1ccc(C(=O)OCC)cc1. The molecule has 3 heteroatoms. The van der Waals surface area contributed by atoms with Crippen LogP contribution in [0.5, 0.6) is 5.75 Å². The van der Waals surface area contributed by atoms with Gasteiger partial charge in [0, 0.05) is 0 Å². The Labute approximate surface area is 102 Å². The van der Waals surface area contributed by atoms with E-state index in [9.17, 15) is 4.79 Å². The second-order valence-electron chi connectivity index (χ2n) is 3.64. The van der Waals surface area contributed by atoms with Crippen LogP contribution < -0.4 is 4.74 Å². The molecule has 92 valence electrons. The number of esters is 1. The zero-order valence-electron chi connectivity index (χ0n) is 10.4. The molecule has 0 spiro atoms. The Morgan fingerprint density at radius 3 is 2.41 bits per heavy atom. The molecule has 0 N–H and O–H groups in total. The van der Waals surface area contributed by atoms with Gasteiger partial charge in [-0.3, -0.25) is 0 Å². The fourth-order valence-electron chi connectivity index (χ4n) is 1.19. The lowest BCUT2D eigenvalue weighted by molar-refractivity contribution is 0.0526. The van der Waals surface area contributed by atoms with E-state index in [0.29, 0.717) is 18.8 Å². The maximum atomic E-state index is 11.4. The van der Waals surface area contributed by atoms with Gasteiger partial charge in [-0.1, -0.05) is 13.5 Å². The van der Waals surface area contributed by atoms with Gasteiger partial charge in [-0.15, -0.1) is 0 Å². The number of ether oxygens (including phenoxy) is 2. The van der Waals surface area contributed by atoms with Crippen molar-refractivity contribution in [3.63, 3.8) is 0 Å². The lowest BCUT2D eigenvalue weighted by atomic mass is 10.2. The third-order valence-corrected chi connectivity index (χ3v) is 2.31. The van der Waals surface area contributed by atoms with Crippen LogP contribution in [0.1, 0.15) is 30.6 Å². The second-order valence-corrected chi connectivity index (χ2v) is 3.64. The van der Waals surface area contributed by atoms with Crippen LogP contribution in [-0.4, -0.2) is 19.2 Å². The first-order valence-electron chi connectivity index (χ1n) is 5.74. The van der Waals surface area contributed by atoms with E-state index < -0.39 is 0 Å². The largest absolute Gasteiger partial charge is 0.489 e. The van der Waals surface area contributed by atoms with Gasteiger partial charge in [-0.25, -0.2) is 4.79 Å². The lowest BCUT2D eigenvalue weighted by Gasteiger charge is -2.07. The van der Waals surface area contributed by atoms with E-state index in [1.807, 2.05) is 6.92 Å². The van der Waals surface area contributed by atoms with E-state index >= 15 is 0 Å². The van der Waals surface area contributed by atoms with Gasteiger partial charge in [-0.2, -0.15) is 0 Å². The molecule has 0 aromatic heterocycles. The first-order chi connectivity index (χ1) is 8.17. The van der Waals surface area contributed by atoms with Crippen LogP contribution in [0.25, 0.3) is 0 Å². The molecule has 0 saturated carbocycles. The van der Waals surface area contributed by atoms with Gasteiger partial charge in [0.2, 0.25) is 0 Å². The molecule has 0 heterocycles. The molecule has 0 aliphatic carbocycles. The molecule has 1 aromatic carbocycles. The zero-order valence-corrected chi connectivity index (χ0v) is 10.4. The quantitative estimate of drug-likeness (QED) is 0.560. The van der Waals surface area contributed by atoms with Crippen LogP contribution in [0.15, 0.2) is 36.4 Å². The summed E-state index contributed by atoms with van der Waals surface area (Å²) in [7, 11) is 0. The van der Waals surface area contributed by atoms with Crippen molar-refractivity contribution < 1.29 is 14.3 Å². The molecule has 0 radical (unpaired) electrons. The molecule has 0 amide bonds. The summed E-state index contributed by atoms with van der Waals surface area (Å²) in [6.07, 6.45) is 0.904. The van der Waals surface area contributed by atoms with E-state index in [0.717, 1.165) is 17.7 Å². The Hall–Kier alpha value is -1.77. The third kappa shape index (κ3) is 4.31. The van der Waals surface area contributed by atoms with Crippen molar-refractivity contribution in [3.05, 3.63) is 42.0 Å². The summed E-state index contributed by atoms with van der Waals surface area (Å²) in [6.45, 7) is 8.57. The van der Waals surface area contributed by atoms with Crippen LogP contribution in [0, 0.1) is 0 Å². The average Bonchev–Trinajstić information content (AvgIpc) is 2.36. The maximum absolute atomic E-state index is 11.4. The summed E-state index contributed by atoms with van der Waals surface area (Å²) >= 11 is 0. The standard InChI is InChI=1S/C14H18O3/c1-4-11(3)10-17-13-8-6-12(7-9-13)14(15)16-5-2/h6-9H,3-5,10H2,1-2H3. The Balaban J connectivity index is 2.56. The minimum Gasteiger partial charge on any atom is -0.489 e. The zero-order chi connectivity index (χ0) is 12.7. The van der Waals surface area contributed by atoms with Gasteiger partial charge in [0.05, 0.1) is 12.2 Å². The molecule has 0 aliphatic rings. The number of benzene rings is 1. The summed E-state index contributed by atoms with van der Waals surface area (Å²) in [5, 5.41) is 0. The minimum atomic E-state index is -0.308. The van der Waals surface area contributed by atoms with E-state index in [2.05, 4.69) is 6.58 Å². The third-order valence-electron chi connectivity index (χ3n) is 2.31. The monoisotopic (exact) mass is 234 g/mol. The van der Waals surface area contributed by atoms with Crippen LogP contribution in [-0.2, 0) is 4.74 Å². The summed E-state index contributed by atoms with van der Waals surface area (Å²) in [6, 6.07) is 6.91. The van der Waals surface area contributed by atoms with Crippen LogP contribution >= 0.6 is 0 Å². The molecule has 1 aromatic rings. The van der Waals surface area contributed by atoms with Crippen molar-refractivity contribution in [1.82, 2.24) is 0 Å². The summed E-state index contributed by atoms with van der Waals surface area (Å²) in [5.74, 6) is 0.421. The van der Waals surface area contributed by atoms with Gasteiger partial charge in [0.25, 0.3) is 0 Å². The minimum absolute atomic E-state index is 0.308. The van der Waals surface area contributed by atoms with Crippen molar-refractivity contribution in [2.45, 2.75) is 20.3 Å². The molecule has 3 nitrogen and oxygen atoms in total. The van der Waals surface area contributed by atoms with Gasteiger partial charge in [0.15, 0.2) is 0 Å². The van der Waals surface area contributed by atoms with Gasteiger partial charge < -0.3 is 9.47 Å². The number of carbonyl (C=O) groups excluding carboxylic acids is 1. The van der Waals surface area contributed by atoms with Crippen molar-refractivity contribution in [3.8, 4) is 5.75 Å². The Morgan fingerprint density at radius 1 is 1.24 bits per heavy atom. The fourth-order valence-corrected chi connectivity index (χ4v) is 1.19. The fraction of sp³-hybridized carbons (Fsp3) is 0.357. The predicted octanol–water partition coefficient (Wildman–Crippen LogP) is 3.21. The lowest BCUT2D eigenvalue weighted by Crippen LogP contribution is -2.04. The Bertz CT molecular complexity index is 379. The number of carbonyl (C=O) groups is 1. The Morgan fingerprint density at radius 2 is 1.88 bits per heavy atom. The summed E-state index contributed by atoms with van der Waals surface area (Å²) in [4.78, 5) is 11.4. The van der Waals surface area contributed by atoms with Gasteiger partial charge in [-0.05, 0) is 43.2 Å². The normalized spacial score (nSPS) is 9.76. The summed E-state index contributed by atoms with van der Waals surface area (Å²) < 4.78 is 10.4. The maximum Gasteiger partial charge on any atom is 0.338 e. The van der Waals surface area contributed by atoms with E-state index in [1.165, 1.54) is 0 Å². The smallest absolute Gasteiger partial charge is 0.338 e. The first-order valence-corrected chi connectivity index (χ1v) is 5.74. The molecular formula is C14H18O3. The van der Waals surface area contributed by atoms with Gasteiger partial charge in [0.1, 0.15) is 12.4 Å². The topological polar surface area (TPSA) is 35.5 Å². The van der Waals surface area contributed by atoms with Crippen LogP contribution in [0.2, 0.25) is 0 Å². The highest BCUT2D eigenvalue weighted by molar-refractivity contribution is 5.89. The molecule has 0 aliphatic heterocycles. The van der Waals surface area contributed by atoms with Crippen molar-refractivity contribution >= 4 is 5.97 Å². The second kappa shape index (κ2) is 6.74. The first kappa shape index (κ1) is 13.3. The molecular weight excluding hydrogens is 216 g/mol. The molecule has 0 fully saturated rings. The van der Waals surface area contributed by atoms with E-state index in [-0.39, 0.29) is 5.97 Å². The number of hydrogen-bond donors (Lipinski definition) is 0. The molecule has 0 unspecified atom stereocenters. The van der Waals surface area contributed by atoms with Crippen molar-refractivity contribution in [1.29, 1.82) is 0 Å². The Kier molecular flexibility index (Phi) is 5.27. The van der Waals surface area contributed by atoms with E-state index in [1.54, 1.807) is 31.2 Å². The predicted molar refractivity (Wildman–Crippen MR) is 67.3 cm³/mol. The van der Waals surface area contributed by atoms with Crippen molar-refractivity contribution in [2.75, 3.05) is 13.2 Å². The highest BCUT2D eigenvalue weighted by atomic mass is 16.5. The van der Waals surface area contributed by atoms with Crippen LogP contribution in [0.4, 0.5) is 0 Å². The molecule has 1 rings (SSSR count). The number of rotatable bonds is 6. The highest BCUT2D eigenvalue weighted by Gasteiger charge is 2.05. The van der Waals surface area contributed by atoms with Crippen LogP contribution in [0.3, 0.4) is 0 Å². The molecule has 0 bridgehead atoms. The molecule has 17 heavy (non-hydrogen) atoms. The number of hydrogen-bond acceptors (Lipinski definition) is 3. The van der Waals surface area contributed by atoms with E-state index in [4.69, 9.17) is 9.47 Å².